The number of benzene rings is 1. The summed E-state index contributed by atoms with van der Waals surface area (Å²) in [6.07, 6.45) is 1.76. The molecule has 4 heteroatoms. The maximum Gasteiger partial charge on any atom is 0.172 e. The number of nitrogens with zero attached hydrogens (tertiary/aromatic N) is 1. The molecule has 2 N–H and O–H groups in total. The molecule has 0 aliphatic heterocycles. The van der Waals surface area contributed by atoms with Gasteiger partial charge in [-0.15, -0.1) is 0 Å². The molecule has 23 heavy (non-hydrogen) atoms. The van der Waals surface area contributed by atoms with Gasteiger partial charge in [-0.25, -0.2) is 4.98 Å². The highest BCUT2D eigenvalue weighted by Gasteiger charge is 2.14. The molecule has 0 aliphatic rings. The van der Waals surface area contributed by atoms with Crippen LogP contribution in [0.1, 0.15) is 50.4 Å². The molecule has 1 aromatic carbocycles. The number of aromatic nitrogens is 1. The van der Waals surface area contributed by atoms with Gasteiger partial charge >= 0.3 is 0 Å². The Morgan fingerprint density at radius 3 is 2.35 bits per heavy atom. The zero-order valence-corrected chi connectivity index (χ0v) is 15.3. The Morgan fingerprint density at radius 2 is 1.78 bits per heavy atom. The van der Waals surface area contributed by atoms with E-state index in [2.05, 4.69) is 67.6 Å². The third-order valence-corrected chi connectivity index (χ3v) is 4.09. The Balaban J connectivity index is 2.00. The molecule has 0 saturated carbocycles. The fraction of sp³-hybridized carbons (Fsp3) is 0.368. The summed E-state index contributed by atoms with van der Waals surface area (Å²) >= 11 is 5.39. The highest BCUT2D eigenvalue weighted by atomic mass is 32.1. The van der Waals surface area contributed by atoms with E-state index in [0.717, 1.165) is 11.4 Å². The van der Waals surface area contributed by atoms with E-state index >= 15 is 0 Å². The van der Waals surface area contributed by atoms with E-state index in [9.17, 15) is 0 Å². The average Bonchev–Trinajstić information content (AvgIpc) is 2.49. The molecule has 1 heterocycles. The van der Waals surface area contributed by atoms with Crippen LogP contribution < -0.4 is 10.6 Å². The van der Waals surface area contributed by atoms with Crippen LogP contribution in [-0.4, -0.2) is 10.1 Å². The Bertz CT molecular complexity index is 672. The quantitative estimate of drug-likeness (QED) is 0.799. The summed E-state index contributed by atoms with van der Waals surface area (Å²) in [5.74, 6) is 0.792. The zero-order chi connectivity index (χ0) is 17.0. The van der Waals surface area contributed by atoms with Crippen LogP contribution in [-0.2, 0) is 5.41 Å². The van der Waals surface area contributed by atoms with Crippen molar-refractivity contribution in [2.24, 2.45) is 0 Å². The monoisotopic (exact) mass is 327 g/mol. The smallest absolute Gasteiger partial charge is 0.172 e. The Morgan fingerprint density at radius 1 is 1.13 bits per heavy atom. The van der Waals surface area contributed by atoms with Crippen LogP contribution in [0, 0.1) is 6.92 Å². The second-order valence-corrected chi connectivity index (χ2v) is 7.27. The lowest BCUT2D eigenvalue weighted by atomic mass is 9.86. The topological polar surface area (TPSA) is 37.0 Å². The maximum atomic E-state index is 5.39. The molecule has 0 aliphatic carbocycles. The third kappa shape index (κ3) is 4.76. The first-order valence-corrected chi connectivity index (χ1v) is 8.28. The molecule has 2 aromatic rings. The third-order valence-electron chi connectivity index (χ3n) is 3.87. The van der Waals surface area contributed by atoms with Crippen molar-refractivity contribution in [3.05, 3.63) is 59.3 Å². The van der Waals surface area contributed by atoms with Crippen molar-refractivity contribution < 1.29 is 0 Å². The number of nitrogens with one attached hydrogen (secondary N) is 2. The molecule has 0 bridgehead atoms. The standard InChI is InChI=1S/C19H25N3S/c1-13-7-6-12-20-17(13)22-18(23)21-14(2)15-8-10-16(11-9-15)19(3,4)5/h6-12,14H,1-5H3,(H2,20,21,22,23)/t14-/m1/s1. The van der Waals surface area contributed by atoms with Gasteiger partial charge in [-0.05, 0) is 54.2 Å². The van der Waals surface area contributed by atoms with Crippen LogP contribution in [0.3, 0.4) is 0 Å². The lowest BCUT2D eigenvalue weighted by molar-refractivity contribution is 0.589. The minimum Gasteiger partial charge on any atom is -0.356 e. The number of pyridine rings is 1. The fourth-order valence-electron chi connectivity index (χ4n) is 2.31. The molecule has 2 rings (SSSR count). The van der Waals surface area contributed by atoms with Crippen molar-refractivity contribution in [2.45, 2.75) is 46.1 Å². The van der Waals surface area contributed by atoms with Crippen molar-refractivity contribution in [1.29, 1.82) is 0 Å². The minimum atomic E-state index is 0.132. The minimum absolute atomic E-state index is 0.132. The number of aryl methyl sites for hydroxylation is 1. The van der Waals surface area contributed by atoms with Crippen LogP contribution in [0.25, 0.3) is 0 Å². The molecule has 3 nitrogen and oxygen atoms in total. The first kappa shape index (κ1) is 17.4. The molecule has 1 atom stereocenters. The number of rotatable bonds is 3. The lowest BCUT2D eigenvalue weighted by Gasteiger charge is -2.21. The lowest BCUT2D eigenvalue weighted by Crippen LogP contribution is -2.31. The first-order valence-electron chi connectivity index (χ1n) is 7.87. The van der Waals surface area contributed by atoms with E-state index in [-0.39, 0.29) is 11.5 Å². The van der Waals surface area contributed by atoms with Gasteiger partial charge in [-0.3, -0.25) is 0 Å². The van der Waals surface area contributed by atoms with Crippen molar-refractivity contribution >= 4 is 23.1 Å². The van der Waals surface area contributed by atoms with Gasteiger partial charge in [0.15, 0.2) is 5.11 Å². The highest BCUT2D eigenvalue weighted by Crippen LogP contribution is 2.24. The van der Waals surface area contributed by atoms with Gasteiger partial charge in [0.2, 0.25) is 0 Å². The maximum absolute atomic E-state index is 5.39. The second-order valence-electron chi connectivity index (χ2n) is 6.86. The van der Waals surface area contributed by atoms with Crippen LogP contribution >= 0.6 is 12.2 Å². The average molecular weight is 327 g/mol. The Hall–Kier alpha value is -1.94. The van der Waals surface area contributed by atoms with E-state index in [1.54, 1.807) is 6.20 Å². The predicted molar refractivity (Wildman–Crippen MR) is 102 cm³/mol. The molecular weight excluding hydrogens is 302 g/mol. The largest absolute Gasteiger partial charge is 0.356 e. The van der Waals surface area contributed by atoms with E-state index in [1.165, 1.54) is 11.1 Å². The summed E-state index contributed by atoms with van der Waals surface area (Å²) in [4.78, 5) is 4.30. The summed E-state index contributed by atoms with van der Waals surface area (Å²) in [5.41, 5.74) is 3.78. The summed E-state index contributed by atoms with van der Waals surface area (Å²) in [5, 5.41) is 7.05. The predicted octanol–water partition coefficient (Wildman–Crippen LogP) is 4.74. The number of hydrogen-bond donors (Lipinski definition) is 2. The Labute approximate surface area is 144 Å². The van der Waals surface area contributed by atoms with Gasteiger partial charge in [0.1, 0.15) is 5.82 Å². The van der Waals surface area contributed by atoms with Crippen LogP contribution in [0.5, 0.6) is 0 Å². The fourth-order valence-corrected chi connectivity index (χ4v) is 2.59. The van der Waals surface area contributed by atoms with E-state index in [1.807, 2.05) is 19.1 Å². The van der Waals surface area contributed by atoms with Crippen LogP contribution in [0.15, 0.2) is 42.6 Å². The molecule has 0 spiro atoms. The van der Waals surface area contributed by atoms with Crippen molar-refractivity contribution in [1.82, 2.24) is 10.3 Å². The van der Waals surface area contributed by atoms with Gasteiger partial charge in [0.25, 0.3) is 0 Å². The van der Waals surface area contributed by atoms with Gasteiger partial charge in [0, 0.05) is 6.20 Å². The van der Waals surface area contributed by atoms with Crippen molar-refractivity contribution in [3.63, 3.8) is 0 Å². The van der Waals surface area contributed by atoms with Gasteiger partial charge in [-0.1, -0.05) is 51.1 Å². The molecule has 0 amide bonds. The van der Waals surface area contributed by atoms with E-state index in [0.29, 0.717) is 5.11 Å². The first-order chi connectivity index (χ1) is 10.8. The van der Waals surface area contributed by atoms with Crippen molar-refractivity contribution in [2.75, 3.05) is 5.32 Å². The van der Waals surface area contributed by atoms with E-state index < -0.39 is 0 Å². The molecule has 0 saturated heterocycles. The summed E-state index contributed by atoms with van der Waals surface area (Å²) in [6, 6.07) is 12.7. The summed E-state index contributed by atoms with van der Waals surface area (Å²) < 4.78 is 0. The Kier molecular flexibility index (Phi) is 5.37. The molecule has 1 aromatic heterocycles. The number of anilines is 1. The van der Waals surface area contributed by atoms with Gasteiger partial charge in [-0.2, -0.15) is 0 Å². The molecule has 122 valence electrons. The highest BCUT2D eigenvalue weighted by molar-refractivity contribution is 7.80. The number of hydrogen-bond acceptors (Lipinski definition) is 2. The molecule has 0 radical (unpaired) electrons. The van der Waals surface area contributed by atoms with Gasteiger partial charge in [0.05, 0.1) is 6.04 Å². The molecule has 0 unspecified atom stereocenters. The number of thiocarbonyl (C=S) groups is 1. The summed E-state index contributed by atoms with van der Waals surface area (Å²) in [6.45, 7) is 10.8. The summed E-state index contributed by atoms with van der Waals surface area (Å²) in [7, 11) is 0. The molecule has 0 fully saturated rings. The van der Waals surface area contributed by atoms with E-state index in [4.69, 9.17) is 12.2 Å². The SMILES string of the molecule is Cc1cccnc1NC(=S)N[C@H](C)c1ccc(C(C)(C)C)cc1. The normalized spacial score (nSPS) is 12.6. The van der Waals surface area contributed by atoms with Crippen LogP contribution in [0.4, 0.5) is 5.82 Å². The van der Waals surface area contributed by atoms with Gasteiger partial charge < -0.3 is 10.6 Å². The second kappa shape index (κ2) is 7.09. The molecular formula is C19H25N3S. The van der Waals surface area contributed by atoms with Crippen LogP contribution in [0.2, 0.25) is 0 Å². The van der Waals surface area contributed by atoms with Crippen molar-refractivity contribution in [3.8, 4) is 0 Å². The zero-order valence-electron chi connectivity index (χ0n) is 14.5.